The Morgan fingerprint density at radius 2 is 1.43 bits per heavy atom. The van der Waals surface area contributed by atoms with Crippen LogP contribution in [0.15, 0.2) is 0 Å². The molecule has 0 spiro atoms. The van der Waals surface area contributed by atoms with Crippen molar-refractivity contribution >= 4 is 24.2 Å². The molecule has 23 heavy (non-hydrogen) atoms. The van der Waals surface area contributed by atoms with Crippen LogP contribution in [0.4, 0.5) is 0 Å². The summed E-state index contributed by atoms with van der Waals surface area (Å²) in [5, 5.41) is 5.37. The second-order valence-electron chi connectivity index (χ2n) is 5.83. The van der Waals surface area contributed by atoms with Gasteiger partial charge in [-0.3, -0.25) is 9.59 Å². The molecule has 6 heteroatoms. The highest BCUT2D eigenvalue weighted by Crippen LogP contribution is 2.10. The molecule has 5 nitrogen and oxygen atoms in total. The van der Waals surface area contributed by atoms with Crippen LogP contribution in [0.25, 0.3) is 0 Å². The summed E-state index contributed by atoms with van der Waals surface area (Å²) in [7, 11) is 0. The molecule has 0 fully saturated rings. The normalized spacial score (nSPS) is 11.4. The van der Waals surface area contributed by atoms with Gasteiger partial charge in [0.05, 0.1) is 0 Å². The Morgan fingerprint density at radius 3 is 1.91 bits per heavy atom. The van der Waals surface area contributed by atoms with E-state index in [4.69, 9.17) is 5.73 Å². The van der Waals surface area contributed by atoms with Gasteiger partial charge in [0.1, 0.15) is 6.04 Å². The third-order valence-corrected chi connectivity index (χ3v) is 3.75. The molecule has 0 aromatic heterocycles. The fraction of sp³-hybridized carbons (Fsp3) is 0.882. The number of unbranched alkanes of at least 4 members (excludes halogenated alkanes) is 8. The van der Waals surface area contributed by atoms with Crippen LogP contribution >= 0.6 is 12.4 Å². The van der Waals surface area contributed by atoms with Crippen LogP contribution in [-0.2, 0) is 9.59 Å². The van der Waals surface area contributed by atoms with E-state index in [-0.39, 0.29) is 30.8 Å². The Balaban J connectivity index is 0. The lowest BCUT2D eigenvalue weighted by molar-refractivity contribution is -0.128. The number of amides is 2. The molecule has 0 bridgehead atoms. The number of carbonyl (C=O) groups excluding carboxylic acids is 2. The van der Waals surface area contributed by atoms with Crippen LogP contribution in [0.1, 0.15) is 78.1 Å². The van der Waals surface area contributed by atoms with Crippen molar-refractivity contribution in [3.05, 3.63) is 0 Å². The molecule has 0 aliphatic heterocycles. The molecule has 0 rings (SSSR count). The molecular weight excluding hydrogens is 314 g/mol. The quantitative estimate of drug-likeness (QED) is 0.421. The van der Waals surface area contributed by atoms with Gasteiger partial charge < -0.3 is 16.4 Å². The number of nitrogens with one attached hydrogen (secondary N) is 2. The van der Waals surface area contributed by atoms with Gasteiger partial charge in [-0.15, -0.1) is 12.4 Å². The number of hydrogen-bond donors (Lipinski definition) is 3. The van der Waals surface area contributed by atoms with Crippen molar-refractivity contribution in [2.45, 2.75) is 84.1 Å². The first kappa shape index (κ1) is 24.4. The van der Waals surface area contributed by atoms with Crippen molar-refractivity contribution in [3.8, 4) is 0 Å². The van der Waals surface area contributed by atoms with E-state index in [0.29, 0.717) is 13.0 Å². The van der Waals surface area contributed by atoms with Crippen LogP contribution in [0.2, 0.25) is 0 Å². The number of likely N-dealkylation sites (N-methyl/N-ethyl adjacent to an activating group) is 1. The average Bonchev–Trinajstić information content (AvgIpc) is 2.51. The molecule has 4 N–H and O–H groups in total. The first-order chi connectivity index (χ1) is 10.7. The van der Waals surface area contributed by atoms with Gasteiger partial charge in [-0.1, -0.05) is 58.3 Å². The summed E-state index contributed by atoms with van der Waals surface area (Å²) in [4.78, 5) is 23.4. The smallest absolute Gasteiger partial charge is 0.243 e. The van der Waals surface area contributed by atoms with Crippen molar-refractivity contribution < 1.29 is 9.59 Å². The van der Waals surface area contributed by atoms with E-state index in [2.05, 4.69) is 17.6 Å². The predicted molar refractivity (Wildman–Crippen MR) is 98.8 cm³/mol. The molecule has 0 aliphatic carbocycles. The van der Waals surface area contributed by atoms with Crippen molar-refractivity contribution in [2.75, 3.05) is 13.1 Å². The molecular formula is C17H36ClN3O2. The summed E-state index contributed by atoms with van der Waals surface area (Å²) in [5.74, 6) is -0.282. The molecule has 0 radical (unpaired) electrons. The monoisotopic (exact) mass is 349 g/mol. The van der Waals surface area contributed by atoms with Gasteiger partial charge in [0, 0.05) is 19.5 Å². The molecule has 2 amide bonds. The molecule has 0 heterocycles. The van der Waals surface area contributed by atoms with Crippen LogP contribution < -0.4 is 16.4 Å². The van der Waals surface area contributed by atoms with Crippen molar-refractivity contribution in [1.82, 2.24) is 10.6 Å². The number of rotatable bonds is 14. The van der Waals surface area contributed by atoms with Gasteiger partial charge in [0.15, 0.2) is 0 Å². The molecule has 0 saturated carbocycles. The zero-order valence-corrected chi connectivity index (χ0v) is 15.7. The lowest BCUT2D eigenvalue weighted by Gasteiger charge is -2.16. The van der Waals surface area contributed by atoms with Crippen LogP contribution in [0, 0.1) is 0 Å². The van der Waals surface area contributed by atoms with E-state index >= 15 is 0 Å². The fourth-order valence-electron chi connectivity index (χ4n) is 2.39. The third kappa shape index (κ3) is 14.5. The maximum Gasteiger partial charge on any atom is 0.243 e. The molecule has 0 aliphatic rings. The average molecular weight is 350 g/mol. The number of hydrogen-bond acceptors (Lipinski definition) is 3. The number of halogens is 1. The summed E-state index contributed by atoms with van der Waals surface area (Å²) in [5.41, 5.74) is 5.52. The largest absolute Gasteiger partial charge is 0.355 e. The highest BCUT2D eigenvalue weighted by molar-refractivity contribution is 5.87. The van der Waals surface area contributed by atoms with Gasteiger partial charge >= 0.3 is 0 Å². The van der Waals surface area contributed by atoms with Crippen molar-refractivity contribution in [2.24, 2.45) is 5.73 Å². The minimum Gasteiger partial charge on any atom is -0.355 e. The highest BCUT2D eigenvalue weighted by atomic mass is 35.5. The van der Waals surface area contributed by atoms with E-state index in [9.17, 15) is 9.59 Å². The lowest BCUT2D eigenvalue weighted by atomic mass is 10.1. The third-order valence-electron chi connectivity index (χ3n) is 3.75. The number of carbonyl (C=O) groups is 2. The first-order valence-electron chi connectivity index (χ1n) is 8.92. The Hall–Kier alpha value is -0.810. The molecule has 0 aromatic rings. The Morgan fingerprint density at radius 1 is 0.913 bits per heavy atom. The highest BCUT2D eigenvalue weighted by Gasteiger charge is 2.17. The molecule has 138 valence electrons. The standard InChI is InChI=1S/C17H35N3O2.ClH/c1-3-5-6-7-8-9-10-11-12-13-16(21)20-15(14-18)17(22)19-4-2;/h15H,3-14,18H2,1-2H3,(H,19,22)(H,20,21);1H. The molecule has 1 atom stereocenters. The van der Waals surface area contributed by atoms with Crippen molar-refractivity contribution in [3.63, 3.8) is 0 Å². The summed E-state index contributed by atoms with van der Waals surface area (Å²) in [6, 6.07) is -0.606. The lowest BCUT2D eigenvalue weighted by Crippen LogP contribution is -2.50. The second-order valence-corrected chi connectivity index (χ2v) is 5.83. The van der Waals surface area contributed by atoms with E-state index in [1.807, 2.05) is 6.92 Å². The number of nitrogens with two attached hydrogens (primary N) is 1. The van der Waals surface area contributed by atoms with Gasteiger partial charge in [-0.25, -0.2) is 0 Å². The minimum atomic E-state index is -0.606. The molecule has 0 saturated heterocycles. The fourth-order valence-corrected chi connectivity index (χ4v) is 2.39. The first-order valence-corrected chi connectivity index (χ1v) is 8.92. The van der Waals surface area contributed by atoms with Gasteiger partial charge in [-0.05, 0) is 13.3 Å². The maximum atomic E-state index is 11.8. The van der Waals surface area contributed by atoms with E-state index in [1.165, 1.54) is 44.9 Å². The Kier molecular flexibility index (Phi) is 18.6. The topological polar surface area (TPSA) is 84.2 Å². The summed E-state index contributed by atoms with van der Waals surface area (Å²) in [6.07, 6.45) is 11.5. The zero-order chi connectivity index (χ0) is 16.6. The van der Waals surface area contributed by atoms with Gasteiger partial charge in [-0.2, -0.15) is 0 Å². The second kappa shape index (κ2) is 17.5. The minimum absolute atomic E-state index is 0. The Labute approximate surface area is 147 Å². The van der Waals surface area contributed by atoms with Crippen LogP contribution in [0.5, 0.6) is 0 Å². The zero-order valence-electron chi connectivity index (χ0n) is 14.9. The molecule has 1 unspecified atom stereocenters. The van der Waals surface area contributed by atoms with Crippen molar-refractivity contribution in [1.29, 1.82) is 0 Å². The summed E-state index contributed by atoms with van der Waals surface area (Å²) < 4.78 is 0. The maximum absolute atomic E-state index is 11.8. The summed E-state index contributed by atoms with van der Waals surface area (Å²) >= 11 is 0. The summed E-state index contributed by atoms with van der Waals surface area (Å²) in [6.45, 7) is 4.75. The predicted octanol–water partition coefficient (Wildman–Crippen LogP) is 2.91. The van der Waals surface area contributed by atoms with E-state index in [0.717, 1.165) is 12.8 Å². The van der Waals surface area contributed by atoms with Crippen LogP contribution in [-0.4, -0.2) is 30.9 Å². The van der Waals surface area contributed by atoms with Gasteiger partial charge in [0.25, 0.3) is 0 Å². The SMILES string of the molecule is CCCCCCCCCCCC(=O)NC(CN)C(=O)NCC.Cl. The Bertz CT molecular complexity index is 302. The van der Waals surface area contributed by atoms with E-state index < -0.39 is 6.04 Å². The van der Waals surface area contributed by atoms with Crippen LogP contribution in [0.3, 0.4) is 0 Å². The van der Waals surface area contributed by atoms with Gasteiger partial charge in [0.2, 0.25) is 11.8 Å². The molecule has 0 aromatic carbocycles. The van der Waals surface area contributed by atoms with E-state index in [1.54, 1.807) is 0 Å².